The molecule has 1 saturated carbocycles. The van der Waals surface area contributed by atoms with E-state index in [1.807, 2.05) is 6.92 Å². The van der Waals surface area contributed by atoms with E-state index in [1.165, 1.54) is 63.1 Å². The Bertz CT molecular complexity index is 1140. The fourth-order valence-electron chi connectivity index (χ4n) is 5.31. The molecule has 1 unspecified atom stereocenters. The number of nitrogens with zero attached hydrogens (tertiary/aromatic N) is 2. The van der Waals surface area contributed by atoms with E-state index >= 15 is 0 Å². The van der Waals surface area contributed by atoms with Crippen molar-refractivity contribution in [3.63, 3.8) is 0 Å². The Kier molecular flexibility index (Phi) is 8.02. The number of benzene rings is 2. The summed E-state index contributed by atoms with van der Waals surface area (Å²) >= 11 is 0. The predicted molar refractivity (Wildman–Crippen MR) is 139 cm³/mol. The van der Waals surface area contributed by atoms with Crippen LogP contribution in [0, 0.1) is 6.92 Å². The molecule has 2 aromatic carbocycles. The molecule has 7 nitrogen and oxygen atoms in total. The second-order valence-electron chi connectivity index (χ2n) is 9.72. The molecule has 2 fully saturated rings. The summed E-state index contributed by atoms with van der Waals surface area (Å²) < 4.78 is 33.4. The number of hydrogen-bond acceptors (Lipinski definition) is 5. The number of likely N-dealkylation sites (tertiary alicyclic amines) is 1. The second-order valence-corrected chi connectivity index (χ2v) is 11.7. The Labute approximate surface area is 209 Å². The molecule has 0 bridgehead atoms. The van der Waals surface area contributed by atoms with Gasteiger partial charge in [-0.1, -0.05) is 43.9 Å². The monoisotopic (exact) mass is 499 g/mol. The van der Waals surface area contributed by atoms with E-state index in [0.717, 1.165) is 25.1 Å². The Morgan fingerprint density at radius 2 is 1.77 bits per heavy atom. The zero-order valence-corrected chi connectivity index (χ0v) is 21.8. The SMILES string of the molecule is COc1ccccc1N(C)S(=O)(=O)c1ccc(C)c(C(=O)NC2CCN(C3CCCCCC3)C2)c1. The van der Waals surface area contributed by atoms with Crippen LogP contribution >= 0.6 is 0 Å². The fourth-order valence-corrected chi connectivity index (χ4v) is 6.54. The Balaban J connectivity index is 1.48. The largest absolute Gasteiger partial charge is 0.495 e. The number of aryl methyl sites for hydroxylation is 1. The molecule has 0 spiro atoms. The first-order valence-corrected chi connectivity index (χ1v) is 14.0. The molecule has 1 saturated heterocycles. The summed E-state index contributed by atoms with van der Waals surface area (Å²) in [6, 6.07) is 12.4. The van der Waals surface area contributed by atoms with E-state index in [-0.39, 0.29) is 16.8 Å². The Morgan fingerprint density at radius 3 is 2.49 bits per heavy atom. The first-order chi connectivity index (χ1) is 16.8. The average molecular weight is 500 g/mol. The predicted octanol–water partition coefficient (Wildman–Crippen LogP) is 4.36. The van der Waals surface area contributed by atoms with Gasteiger partial charge in [-0.15, -0.1) is 0 Å². The van der Waals surface area contributed by atoms with Crippen molar-refractivity contribution in [1.82, 2.24) is 10.2 Å². The summed E-state index contributed by atoms with van der Waals surface area (Å²) in [4.78, 5) is 15.8. The van der Waals surface area contributed by atoms with E-state index < -0.39 is 10.0 Å². The third-order valence-corrected chi connectivity index (χ3v) is 9.20. The molecule has 8 heteroatoms. The number of nitrogens with one attached hydrogen (secondary N) is 1. The zero-order valence-electron chi connectivity index (χ0n) is 21.0. The fraction of sp³-hybridized carbons (Fsp3) is 0.519. The van der Waals surface area contributed by atoms with Gasteiger partial charge in [0.05, 0.1) is 17.7 Å². The van der Waals surface area contributed by atoms with Crippen molar-refractivity contribution in [3.05, 3.63) is 53.6 Å². The molecule has 1 amide bonds. The minimum atomic E-state index is -3.89. The highest BCUT2D eigenvalue weighted by Crippen LogP contribution is 2.31. The summed E-state index contributed by atoms with van der Waals surface area (Å²) in [5.74, 6) is 0.246. The lowest BCUT2D eigenvalue weighted by Gasteiger charge is -2.26. The molecule has 190 valence electrons. The maximum absolute atomic E-state index is 13.4. The van der Waals surface area contributed by atoms with Crippen molar-refractivity contribution in [1.29, 1.82) is 0 Å². The molecular formula is C27H37N3O4S. The third kappa shape index (κ3) is 5.64. The second kappa shape index (κ2) is 11.0. The van der Waals surface area contributed by atoms with Gasteiger partial charge >= 0.3 is 0 Å². The normalized spacial score (nSPS) is 19.8. The molecule has 0 radical (unpaired) electrons. The van der Waals surface area contributed by atoms with Crippen molar-refractivity contribution in [3.8, 4) is 5.75 Å². The van der Waals surface area contributed by atoms with Crippen LogP contribution in [0.3, 0.4) is 0 Å². The van der Waals surface area contributed by atoms with Crippen LogP contribution < -0.4 is 14.4 Å². The van der Waals surface area contributed by atoms with Gasteiger partial charge in [0, 0.05) is 37.8 Å². The summed E-state index contributed by atoms with van der Waals surface area (Å²) in [6.07, 6.45) is 8.67. The number of ether oxygens (including phenoxy) is 1. The van der Waals surface area contributed by atoms with Gasteiger partial charge in [-0.25, -0.2) is 8.42 Å². The number of anilines is 1. The van der Waals surface area contributed by atoms with E-state index in [1.54, 1.807) is 36.4 Å². The van der Waals surface area contributed by atoms with Crippen LogP contribution in [0.1, 0.15) is 60.9 Å². The van der Waals surface area contributed by atoms with Crippen LogP contribution in [0.2, 0.25) is 0 Å². The summed E-state index contributed by atoms with van der Waals surface area (Å²) in [7, 11) is -0.885. The molecular weight excluding hydrogens is 462 g/mol. The Hall–Kier alpha value is -2.58. The number of carbonyl (C=O) groups excluding carboxylic acids is 1. The molecule has 35 heavy (non-hydrogen) atoms. The van der Waals surface area contributed by atoms with Gasteiger partial charge in [0.2, 0.25) is 0 Å². The standard InChI is InChI=1S/C27H37N3O4S/c1-20-14-15-23(35(32,33)29(2)25-12-8-9-13-26(25)34-3)18-24(20)27(31)28-21-16-17-30(19-21)22-10-6-4-5-7-11-22/h8-9,12-15,18,21-22H,4-7,10-11,16-17,19H2,1-3H3,(H,28,31). The summed E-state index contributed by atoms with van der Waals surface area (Å²) in [6.45, 7) is 3.71. The van der Waals surface area contributed by atoms with Crippen LogP contribution in [0.5, 0.6) is 5.75 Å². The van der Waals surface area contributed by atoms with E-state index in [4.69, 9.17) is 4.74 Å². The highest BCUT2D eigenvalue weighted by molar-refractivity contribution is 7.92. The highest BCUT2D eigenvalue weighted by atomic mass is 32.2. The van der Waals surface area contributed by atoms with Crippen molar-refractivity contribution >= 4 is 21.6 Å². The van der Waals surface area contributed by atoms with Crippen molar-refractivity contribution in [2.75, 3.05) is 31.6 Å². The molecule has 2 aliphatic rings. The lowest BCUT2D eigenvalue weighted by Crippen LogP contribution is -2.40. The molecule has 4 rings (SSSR count). The lowest BCUT2D eigenvalue weighted by atomic mass is 10.1. The highest BCUT2D eigenvalue weighted by Gasteiger charge is 2.30. The maximum Gasteiger partial charge on any atom is 0.264 e. The lowest BCUT2D eigenvalue weighted by molar-refractivity contribution is 0.0934. The number of para-hydroxylation sites is 2. The van der Waals surface area contributed by atoms with Gasteiger partial charge in [0.1, 0.15) is 5.75 Å². The average Bonchev–Trinajstić information content (AvgIpc) is 3.15. The zero-order chi connectivity index (χ0) is 25.0. The van der Waals surface area contributed by atoms with Crippen molar-refractivity contribution < 1.29 is 17.9 Å². The molecule has 1 aliphatic heterocycles. The number of rotatable bonds is 7. The summed E-state index contributed by atoms with van der Waals surface area (Å²) in [5, 5.41) is 3.17. The minimum absolute atomic E-state index is 0.0770. The van der Waals surface area contributed by atoms with Gasteiger partial charge in [-0.3, -0.25) is 14.0 Å². The Morgan fingerprint density at radius 1 is 1.06 bits per heavy atom. The first-order valence-electron chi connectivity index (χ1n) is 12.6. The first kappa shape index (κ1) is 25.5. The number of amides is 1. The van der Waals surface area contributed by atoms with Gasteiger partial charge in [0.25, 0.3) is 15.9 Å². The van der Waals surface area contributed by atoms with Crippen molar-refractivity contribution in [2.24, 2.45) is 0 Å². The maximum atomic E-state index is 13.4. The molecule has 1 atom stereocenters. The minimum Gasteiger partial charge on any atom is -0.495 e. The van der Waals surface area contributed by atoms with Crippen LogP contribution in [0.25, 0.3) is 0 Å². The number of hydrogen-bond donors (Lipinski definition) is 1. The van der Waals surface area contributed by atoms with Gasteiger partial charge < -0.3 is 10.1 Å². The van der Waals surface area contributed by atoms with Crippen molar-refractivity contribution in [2.45, 2.75) is 68.8 Å². The summed E-state index contributed by atoms with van der Waals surface area (Å²) in [5.41, 5.74) is 1.58. The molecule has 1 heterocycles. The number of methoxy groups -OCH3 is 1. The number of carbonyl (C=O) groups is 1. The molecule has 1 aliphatic carbocycles. The third-order valence-electron chi connectivity index (χ3n) is 7.43. The van der Waals surface area contributed by atoms with E-state index in [9.17, 15) is 13.2 Å². The van der Waals surface area contributed by atoms with Crippen LogP contribution in [-0.4, -0.2) is 58.6 Å². The quantitative estimate of drug-likeness (QED) is 0.573. The van der Waals surface area contributed by atoms with Gasteiger partial charge in [-0.2, -0.15) is 0 Å². The topological polar surface area (TPSA) is 78.9 Å². The molecule has 2 aromatic rings. The number of sulfonamides is 1. The molecule has 0 aromatic heterocycles. The van der Waals surface area contributed by atoms with Gasteiger partial charge in [-0.05, 0) is 56.0 Å². The smallest absolute Gasteiger partial charge is 0.264 e. The van der Waals surface area contributed by atoms with E-state index in [2.05, 4.69) is 10.2 Å². The van der Waals surface area contributed by atoms with E-state index in [0.29, 0.717) is 23.0 Å². The van der Waals surface area contributed by atoms with Crippen LogP contribution in [0.15, 0.2) is 47.4 Å². The van der Waals surface area contributed by atoms with Crippen LogP contribution in [-0.2, 0) is 10.0 Å². The van der Waals surface area contributed by atoms with Gasteiger partial charge in [0.15, 0.2) is 0 Å². The molecule has 1 N–H and O–H groups in total. The van der Waals surface area contributed by atoms with Crippen LogP contribution in [0.4, 0.5) is 5.69 Å².